The van der Waals surface area contributed by atoms with E-state index in [1.165, 1.54) is 0 Å². The summed E-state index contributed by atoms with van der Waals surface area (Å²) in [6, 6.07) is 10.9. The number of hydrogen-bond acceptors (Lipinski definition) is 5. The van der Waals surface area contributed by atoms with Crippen LogP contribution in [0, 0.1) is 5.92 Å². The fraction of sp³-hybridized carbons (Fsp3) is 0.333. The first-order valence-corrected chi connectivity index (χ1v) is 9.40. The van der Waals surface area contributed by atoms with Crippen LogP contribution in [0.1, 0.15) is 29.4 Å². The number of ether oxygens (including phenoxy) is 1. The Balaban J connectivity index is 1.50. The first-order valence-electron chi connectivity index (χ1n) is 9.40. The van der Waals surface area contributed by atoms with Crippen molar-refractivity contribution in [2.45, 2.75) is 19.8 Å². The number of aromatic nitrogens is 1. The summed E-state index contributed by atoms with van der Waals surface area (Å²) >= 11 is 0. The first kappa shape index (κ1) is 20.3. The molecule has 1 fully saturated rings. The summed E-state index contributed by atoms with van der Waals surface area (Å²) in [7, 11) is 1.68. The van der Waals surface area contributed by atoms with Crippen LogP contribution in [-0.2, 0) is 32.6 Å². The molecule has 0 bridgehead atoms. The van der Waals surface area contributed by atoms with Gasteiger partial charge in [0.25, 0.3) is 11.8 Å². The van der Waals surface area contributed by atoms with Gasteiger partial charge in [0, 0.05) is 31.9 Å². The number of imide groups is 1. The molecule has 0 radical (unpaired) electrons. The predicted molar refractivity (Wildman–Crippen MR) is 105 cm³/mol. The van der Waals surface area contributed by atoms with E-state index in [1.807, 2.05) is 31.2 Å². The van der Waals surface area contributed by atoms with Crippen LogP contribution in [0.2, 0.25) is 0 Å². The van der Waals surface area contributed by atoms with Crippen LogP contribution in [0.5, 0.6) is 0 Å². The van der Waals surface area contributed by atoms with Crippen LogP contribution in [-0.4, -0.2) is 41.4 Å². The molecule has 2 heterocycles. The highest BCUT2D eigenvalue weighted by Gasteiger charge is 2.36. The predicted octanol–water partition coefficient (Wildman–Crippen LogP) is 1.44. The van der Waals surface area contributed by atoms with Crippen molar-refractivity contribution in [2.75, 3.05) is 18.1 Å². The lowest BCUT2D eigenvalue weighted by Gasteiger charge is -2.17. The second kappa shape index (κ2) is 8.72. The Bertz CT molecular complexity index is 932. The Kier molecular flexibility index (Phi) is 6.11. The molecule has 1 aromatic carbocycles. The summed E-state index contributed by atoms with van der Waals surface area (Å²) in [6.07, 6.45) is 2.61. The molecule has 1 N–H and O–H groups in total. The quantitative estimate of drug-likeness (QED) is 0.744. The van der Waals surface area contributed by atoms with Crippen LogP contribution in [0.25, 0.3) is 0 Å². The van der Waals surface area contributed by atoms with E-state index in [1.54, 1.807) is 34.8 Å². The van der Waals surface area contributed by atoms with E-state index in [2.05, 4.69) is 5.32 Å². The zero-order valence-corrected chi connectivity index (χ0v) is 16.4. The van der Waals surface area contributed by atoms with Gasteiger partial charge < -0.3 is 14.2 Å². The fourth-order valence-electron chi connectivity index (χ4n) is 3.20. The summed E-state index contributed by atoms with van der Waals surface area (Å²) in [5.41, 5.74) is 2.21. The van der Waals surface area contributed by atoms with Gasteiger partial charge in [-0.2, -0.15) is 0 Å². The molecule has 0 aliphatic carbocycles. The average molecular weight is 397 g/mol. The molecule has 1 aromatic heterocycles. The summed E-state index contributed by atoms with van der Waals surface area (Å²) in [5, 5.41) is 2.17. The SMILES string of the molecule is CCc1ccc(N2C[C@@H](C(=O)OCC(=O)NC(=O)c3cccn3C)CC2=O)cc1. The van der Waals surface area contributed by atoms with Crippen LogP contribution >= 0.6 is 0 Å². The number of benzene rings is 1. The second-order valence-electron chi connectivity index (χ2n) is 6.91. The maximum Gasteiger partial charge on any atom is 0.311 e. The Labute approximate surface area is 168 Å². The molecule has 1 saturated heterocycles. The normalized spacial score (nSPS) is 16.0. The molecular formula is C21H23N3O5. The van der Waals surface area contributed by atoms with E-state index in [0.29, 0.717) is 5.69 Å². The molecule has 8 nitrogen and oxygen atoms in total. The van der Waals surface area contributed by atoms with Gasteiger partial charge in [0.2, 0.25) is 5.91 Å². The van der Waals surface area contributed by atoms with Crippen LogP contribution in [0.4, 0.5) is 5.69 Å². The Morgan fingerprint density at radius 2 is 1.90 bits per heavy atom. The fourth-order valence-corrected chi connectivity index (χ4v) is 3.20. The minimum absolute atomic E-state index is 0.0261. The first-order chi connectivity index (χ1) is 13.9. The number of amides is 3. The van der Waals surface area contributed by atoms with Gasteiger partial charge in [0.15, 0.2) is 6.61 Å². The molecule has 29 heavy (non-hydrogen) atoms. The van der Waals surface area contributed by atoms with Gasteiger partial charge >= 0.3 is 5.97 Å². The van der Waals surface area contributed by atoms with Gasteiger partial charge in [-0.05, 0) is 36.2 Å². The molecular weight excluding hydrogens is 374 g/mol. The standard InChI is InChI=1S/C21H23N3O5/c1-3-14-6-8-16(9-7-14)24-12-15(11-19(24)26)21(28)29-13-18(25)22-20(27)17-5-4-10-23(17)2/h4-10,15H,3,11-13H2,1-2H3,(H,22,25,27)/t15-/m0/s1. The zero-order chi connectivity index (χ0) is 21.0. The summed E-state index contributed by atoms with van der Waals surface area (Å²) in [4.78, 5) is 50.0. The van der Waals surface area contributed by atoms with Crippen molar-refractivity contribution in [1.29, 1.82) is 0 Å². The van der Waals surface area contributed by atoms with Crippen LogP contribution < -0.4 is 10.2 Å². The highest BCUT2D eigenvalue weighted by atomic mass is 16.5. The third-order valence-corrected chi connectivity index (χ3v) is 4.89. The number of carbonyl (C=O) groups excluding carboxylic acids is 4. The number of hydrogen-bond donors (Lipinski definition) is 1. The Morgan fingerprint density at radius 1 is 1.17 bits per heavy atom. The van der Waals surface area contributed by atoms with Crippen molar-refractivity contribution in [1.82, 2.24) is 9.88 Å². The average Bonchev–Trinajstić information content (AvgIpc) is 3.32. The number of carbonyl (C=O) groups is 4. The number of nitrogens with one attached hydrogen (secondary N) is 1. The van der Waals surface area contributed by atoms with Crippen molar-refractivity contribution in [3.05, 3.63) is 53.9 Å². The Morgan fingerprint density at radius 3 is 2.52 bits per heavy atom. The number of rotatable bonds is 6. The van der Waals surface area contributed by atoms with Crippen molar-refractivity contribution in [3.8, 4) is 0 Å². The molecule has 0 unspecified atom stereocenters. The molecule has 1 aliphatic heterocycles. The topological polar surface area (TPSA) is 97.7 Å². The molecule has 1 atom stereocenters. The van der Waals surface area contributed by atoms with E-state index >= 15 is 0 Å². The third-order valence-electron chi connectivity index (χ3n) is 4.89. The molecule has 0 saturated carbocycles. The van der Waals surface area contributed by atoms with Crippen molar-refractivity contribution >= 4 is 29.4 Å². The molecule has 0 spiro atoms. The lowest BCUT2D eigenvalue weighted by Crippen LogP contribution is -2.36. The Hall–Kier alpha value is -3.42. The largest absolute Gasteiger partial charge is 0.455 e. The second-order valence-corrected chi connectivity index (χ2v) is 6.91. The highest BCUT2D eigenvalue weighted by Crippen LogP contribution is 2.26. The molecule has 152 valence electrons. The van der Waals surface area contributed by atoms with E-state index < -0.39 is 30.3 Å². The zero-order valence-electron chi connectivity index (χ0n) is 16.4. The lowest BCUT2D eigenvalue weighted by molar-refractivity contribution is -0.152. The van der Waals surface area contributed by atoms with E-state index in [0.717, 1.165) is 17.7 Å². The van der Waals surface area contributed by atoms with Crippen molar-refractivity contribution in [2.24, 2.45) is 13.0 Å². The summed E-state index contributed by atoms with van der Waals surface area (Å²) in [6.45, 7) is 1.67. The van der Waals surface area contributed by atoms with Crippen LogP contribution in [0.15, 0.2) is 42.6 Å². The summed E-state index contributed by atoms with van der Waals surface area (Å²) in [5.74, 6) is -2.74. The van der Waals surface area contributed by atoms with E-state index in [9.17, 15) is 19.2 Å². The number of anilines is 1. The minimum atomic E-state index is -0.721. The highest BCUT2D eigenvalue weighted by molar-refractivity contribution is 6.04. The maximum absolute atomic E-state index is 12.3. The van der Waals surface area contributed by atoms with E-state index in [-0.39, 0.29) is 18.9 Å². The van der Waals surface area contributed by atoms with Gasteiger partial charge in [-0.3, -0.25) is 24.5 Å². The van der Waals surface area contributed by atoms with Crippen molar-refractivity contribution in [3.63, 3.8) is 0 Å². The van der Waals surface area contributed by atoms with Gasteiger partial charge in [-0.25, -0.2) is 0 Å². The lowest BCUT2D eigenvalue weighted by atomic mass is 10.1. The monoisotopic (exact) mass is 397 g/mol. The minimum Gasteiger partial charge on any atom is -0.455 e. The molecule has 3 rings (SSSR count). The van der Waals surface area contributed by atoms with Crippen LogP contribution in [0.3, 0.4) is 0 Å². The van der Waals surface area contributed by atoms with E-state index in [4.69, 9.17) is 4.74 Å². The molecule has 2 aromatic rings. The van der Waals surface area contributed by atoms with Gasteiger partial charge in [0.1, 0.15) is 5.69 Å². The number of nitrogens with zero attached hydrogens (tertiary/aromatic N) is 2. The number of esters is 1. The smallest absolute Gasteiger partial charge is 0.311 e. The molecule has 3 amide bonds. The molecule has 1 aliphatic rings. The van der Waals surface area contributed by atoms with Crippen molar-refractivity contribution < 1.29 is 23.9 Å². The van der Waals surface area contributed by atoms with Gasteiger partial charge in [0.05, 0.1) is 5.92 Å². The number of aryl methyl sites for hydroxylation is 2. The summed E-state index contributed by atoms with van der Waals surface area (Å²) < 4.78 is 6.59. The van der Waals surface area contributed by atoms with Gasteiger partial charge in [-0.15, -0.1) is 0 Å². The maximum atomic E-state index is 12.3. The molecule has 8 heteroatoms. The van der Waals surface area contributed by atoms with Gasteiger partial charge in [-0.1, -0.05) is 19.1 Å². The third kappa shape index (κ3) is 4.71.